The van der Waals surface area contributed by atoms with Gasteiger partial charge in [-0.25, -0.2) is 4.79 Å². The van der Waals surface area contributed by atoms with Gasteiger partial charge in [0.25, 0.3) is 0 Å². The van der Waals surface area contributed by atoms with Crippen molar-refractivity contribution in [2.45, 2.75) is 33.7 Å². The fourth-order valence-electron chi connectivity index (χ4n) is 2.11. The minimum atomic E-state index is -0.368. The van der Waals surface area contributed by atoms with Gasteiger partial charge in [0.15, 0.2) is 0 Å². The molecule has 0 aliphatic rings. The van der Waals surface area contributed by atoms with Crippen LogP contribution >= 0.6 is 0 Å². The van der Waals surface area contributed by atoms with Crippen LogP contribution in [-0.2, 0) is 4.79 Å². The average Bonchev–Trinajstić information content (AvgIpc) is 2.40. The molecule has 0 aliphatic heterocycles. The lowest BCUT2D eigenvalue weighted by atomic mass is 9.82. The van der Waals surface area contributed by atoms with E-state index in [-0.39, 0.29) is 29.9 Å². The van der Waals surface area contributed by atoms with E-state index in [2.05, 4.69) is 42.8 Å². The van der Waals surface area contributed by atoms with Crippen LogP contribution in [0.15, 0.2) is 24.3 Å². The van der Waals surface area contributed by atoms with E-state index >= 15 is 0 Å². The molecular formula is C16H25N3O2. The smallest absolute Gasteiger partial charge is 0.314 e. The van der Waals surface area contributed by atoms with E-state index in [0.29, 0.717) is 0 Å². The largest absolute Gasteiger partial charge is 0.347 e. The first-order valence-corrected chi connectivity index (χ1v) is 7.05. The Kier molecular flexibility index (Phi) is 5.76. The molecule has 1 rings (SSSR count). The number of hydrogen-bond acceptors (Lipinski definition) is 2. The van der Waals surface area contributed by atoms with Gasteiger partial charge in [0.1, 0.15) is 0 Å². The van der Waals surface area contributed by atoms with E-state index in [9.17, 15) is 9.59 Å². The quantitative estimate of drug-likeness (QED) is 0.795. The summed E-state index contributed by atoms with van der Waals surface area (Å²) in [6, 6.07) is 7.61. The summed E-state index contributed by atoms with van der Waals surface area (Å²) in [7, 11) is 1.51. The molecule has 1 aromatic carbocycles. The van der Waals surface area contributed by atoms with E-state index in [1.807, 2.05) is 25.1 Å². The van der Waals surface area contributed by atoms with Gasteiger partial charge in [0.05, 0.1) is 12.6 Å². The molecule has 0 aliphatic carbocycles. The van der Waals surface area contributed by atoms with E-state index in [4.69, 9.17) is 0 Å². The van der Waals surface area contributed by atoms with Gasteiger partial charge in [-0.2, -0.15) is 0 Å². The van der Waals surface area contributed by atoms with E-state index in [1.54, 1.807) is 0 Å². The first kappa shape index (κ1) is 17.0. The summed E-state index contributed by atoms with van der Waals surface area (Å²) in [5, 5.41) is 7.90. The highest BCUT2D eigenvalue weighted by Gasteiger charge is 2.27. The molecule has 21 heavy (non-hydrogen) atoms. The molecule has 0 saturated carbocycles. The van der Waals surface area contributed by atoms with E-state index in [1.165, 1.54) is 7.05 Å². The van der Waals surface area contributed by atoms with Crippen LogP contribution in [0, 0.1) is 12.3 Å². The first-order valence-electron chi connectivity index (χ1n) is 7.05. The highest BCUT2D eigenvalue weighted by atomic mass is 16.2. The van der Waals surface area contributed by atoms with Crippen LogP contribution < -0.4 is 16.0 Å². The van der Waals surface area contributed by atoms with Crippen LogP contribution in [-0.4, -0.2) is 25.5 Å². The highest BCUT2D eigenvalue weighted by Crippen LogP contribution is 2.32. The van der Waals surface area contributed by atoms with Crippen molar-refractivity contribution in [1.82, 2.24) is 16.0 Å². The summed E-state index contributed by atoms with van der Waals surface area (Å²) in [5.74, 6) is -0.208. The molecule has 3 N–H and O–H groups in total. The molecule has 1 unspecified atom stereocenters. The van der Waals surface area contributed by atoms with Gasteiger partial charge in [-0.15, -0.1) is 0 Å². The van der Waals surface area contributed by atoms with Crippen molar-refractivity contribution in [2.24, 2.45) is 5.41 Å². The maximum absolute atomic E-state index is 12.0. The Bertz CT molecular complexity index is 506. The van der Waals surface area contributed by atoms with E-state index in [0.717, 1.165) is 11.1 Å². The fraction of sp³-hybridized carbons (Fsp3) is 0.500. The van der Waals surface area contributed by atoms with Gasteiger partial charge < -0.3 is 16.0 Å². The Morgan fingerprint density at radius 2 is 1.90 bits per heavy atom. The molecule has 0 radical (unpaired) electrons. The number of nitrogens with one attached hydrogen (secondary N) is 3. The van der Waals surface area contributed by atoms with Gasteiger partial charge in [0, 0.05) is 7.05 Å². The second-order valence-electron chi connectivity index (χ2n) is 6.21. The molecule has 0 spiro atoms. The summed E-state index contributed by atoms with van der Waals surface area (Å²) in [4.78, 5) is 23.1. The van der Waals surface area contributed by atoms with Crippen molar-refractivity contribution in [2.75, 3.05) is 13.6 Å². The van der Waals surface area contributed by atoms with Crippen molar-refractivity contribution < 1.29 is 9.59 Å². The second kappa shape index (κ2) is 7.11. The highest BCUT2D eigenvalue weighted by molar-refractivity contribution is 5.84. The fourth-order valence-corrected chi connectivity index (χ4v) is 2.11. The number of amides is 3. The minimum absolute atomic E-state index is 0.0436. The molecule has 0 fully saturated rings. The SMILES string of the molecule is CNC(=O)NCC(=O)NC(c1cccc(C)c1)C(C)(C)C. The number of carbonyl (C=O) groups is 2. The summed E-state index contributed by atoms with van der Waals surface area (Å²) >= 11 is 0. The molecule has 0 saturated heterocycles. The molecule has 5 heteroatoms. The monoisotopic (exact) mass is 291 g/mol. The molecule has 1 aromatic rings. The van der Waals surface area contributed by atoms with Gasteiger partial charge >= 0.3 is 6.03 Å². The van der Waals surface area contributed by atoms with Crippen LogP contribution in [0.25, 0.3) is 0 Å². The lowest BCUT2D eigenvalue weighted by Crippen LogP contribution is -2.44. The molecule has 3 amide bonds. The van der Waals surface area contributed by atoms with Gasteiger partial charge in [-0.1, -0.05) is 50.6 Å². The first-order chi connectivity index (χ1) is 9.74. The van der Waals surface area contributed by atoms with Gasteiger partial charge in [0.2, 0.25) is 5.91 Å². The van der Waals surface area contributed by atoms with Crippen LogP contribution in [0.1, 0.15) is 37.9 Å². The molecule has 116 valence electrons. The molecule has 1 atom stereocenters. The molecular weight excluding hydrogens is 266 g/mol. The summed E-state index contributed by atoms with van der Waals surface area (Å²) in [6.45, 7) is 8.21. The number of benzene rings is 1. The Morgan fingerprint density at radius 3 is 2.43 bits per heavy atom. The van der Waals surface area contributed by atoms with E-state index < -0.39 is 0 Å². The Balaban J connectivity index is 2.81. The van der Waals surface area contributed by atoms with Gasteiger partial charge in [-0.3, -0.25) is 4.79 Å². The predicted molar refractivity (Wildman–Crippen MR) is 84.0 cm³/mol. The van der Waals surface area contributed by atoms with Crippen molar-refractivity contribution in [3.05, 3.63) is 35.4 Å². The third-order valence-corrected chi connectivity index (χ3v) is 3.18. The van der Waals surface area contributed by atoms with Gasteiger partial charge in [-0.05, 0) is 17.9 Å². The standard InChI is InChI=1S/C16H25N3O2/c1-11-7-6-8-12(9-11)14(16(2,3)4)19-13(20)10-18-15(21)17-5/h6-9,14H,10H2,1-5H3,(H,19,20)(H2,17,18,21). The maximum Gasteiger partial charge on any atom is 0.314 e. The van der Waals surface area contributed by atoms with Crippen molar-refractivity contribution in [1.29, 1.82) is 0 Å². The Morgan fingerprint density at radius 1 is 1.24 bits per heavy atom. The second-order valence-corrected chi connectivity index (χ2v) is 6.21. The molecule has 0 bridgehead atoms. The normalized spacial score (nSPS) is 12.4. The zero-order chi connectivity index (χ0) is 16.0. The number of aryl methyl sites for hydroxylation is 1. The number of urea groups is 1. The minimum Gasteiger partial charge on any atom is -0.347 e. The Hall–Kier alpha value is -2.04. The molecule has 5 nitrogen and oxygen atoms in total. The lowest BCUT2D eigenvalue weighted by molar-refractivity contribution is -0.121. The predicted octanol–water partition coefficient (Wildman–Crippen LogP) is 2.13. The molecule has 0 aromatic heterocycles. The van der Waals surface area contributed by atoms with Crippen LogP contribution in [0.4, 0.5) is 4.79 Å². The number of rotatable bonds is 4. The van der Waals surface area contributed by atoms with Crippen molar-refractivity contribution in [3.8, 4) is 0 Å². The van der Waals surface area contributed by atoms with Crippen LogP contribution in [0.3, 0.4) is 0 Å². The summed E-state index contributed by atoms with van der Waals surface area (Å²) < 4.78 is 0. The number of hydrogen-bond donors (Lipinski definition) is 3. The number of carbonyl (C=O) groups excluding carboxylic acids is 2. The zero-order valence-corrected chi connectivity index (χ0v) is 13.4. The Labute approximate surface area is 126 Å². The zero-order valence-electron chi connectivity index (χ0n) is 13.4. The average molecular weight is 291 g/mol. The topological polar surface area (TPSA) is 70.2 Å². The summed E-state index contributed by atoms with van der Waals surface area (Å²) in [5.41, 5.74) is 2.09. The third-order valence-electron chi connectivity index (χ3n) is 3.18. The third kappa shape index (κ3) is 5.45. The summed E-state index contributed by atoms with van der Waals surface area (Å²) in [6.07, 6.45) is 0. The van der Waals surface area contributed by atoms with Crippen molar-refractivity contribution >= 4 is 11.9 Å². The lowest BCUT2D eigenvalue weighted by Gasteiger charge is -2.32. The maximum atomic E-state index is 12.0. The molecule has 0 heterocycles. The van der Waals surface area contributed by atoms with Crippen LogP contribution in [0.2, 0.25) is 0 Å². The van der Waals surface area contributed by atoms with Crippen LogP contribution in [0.5, 0.6) is 0 Å². The van der Waals surface area contributed by atoms with Crippen molar-refractivity contribution in [3.63, 3.8) is 0 Å².